The largest absolute Gasteiger partial charge is 0.309 e. The lowest BCUT2D eigenvalue weighted by Crippen LogP contribution is -2.17. The molecule has 82 valence electrons. The van der Waals surface area contributed by atoms with Crippen molar-refractivity contribution in [2.24, 2.45) is 0 Å². The van der Waals surface area contributed by atoms with Crippen LogP contribution in [0.5, 0.6) is 0 Å². The molecule has 0 saturated heterocycles. The molecule has 0 heterocycles. The summed E-state index contributed by atoms with van der Waals surface area (Å²) < 4.78 is 1.03. The van der Waals surface area contributed by atoms with Gasteiger partial charge >= 0.3 is 0 Å². The lowest BCUT2D eigenvalue weighted by molar-refractivity contribution is -0.118. The smallest absolute Gasteiger partial charge is 0.138 e. The molecular formula is C12H16BrNO. The summed E-state index contributed by atoms with van der Waals surface area (Å²) in [4.78, 5) is 13.6. The second-order valence-electron chi connectivity index (χ2n) is 3.90. The molecule has 2 nitrogen and oxygen atoms in total. The number of hydrogen-bond acceptors (Lipinski definition) is 2. The Morgan fingerprint density at radius 1 is 1.40 bits per heavy atom. The van der Waals surface area contributed by atoms with Crippen LogP contribution in [0.4, 0.5) is 0 Å². The van der Waals surface area contributed by atoms with Gasteiger partial charge in [-0.25, -0.2) is 0 Å². The Hall–Kier alpha value is -0.670. The maximum Gasteiger partial charge on any atom is 0.138 e. The van der Waals surface area contributed by atoms with Gasteiger partial charge in [0.15, 0.2) is 0 Å². The van der Waals surface area contributed by atoms with E-state index < -0.39 is 0 Å². The third kappa shape index (κ3) is 5.09. The van der Waals surface area contributed by atoms with Gasteiger partial charge in [0, 0.05) is 23.9 Å². The number of rotatable bonds is 5. The summed E-state index contributed by atoms with van der Waals surface area (Å²) in [5.41, 5.74) is 1.08. The van der Waals surface area contributed by atoms with Crippen LogP contribution in [0.25, 0.3) is 0 Å². The van der Waals surface area contributed by atoms with Crippen LogP contribution in [0.15, 0.2) is 28.7 Å². The van der Waals surface area contributed by atoms with Crippen LogP contribution < -0.4 is 0 Å². The minimum atomic E-state index is 0.293. The zero-order chi connectivity index (χ0) is 11.3. The Kier molecular flexibility index (Phi) is 4.99. The molecule has 0 N–H and O–H groups in total. The average molecular weight is 270 g/mol. The van der Waals surface area contributed by atoms with E-state index in [0.29, 0.717) is 18.6 Å². The van der Waals surface area contributed by atoms with Crippen LogP contribution in [-0.4, -0.2) is 31.3 Å². The molecule has 0 aliphatic heterocycles. The molecule has 0 spiro atoms. The topological polar surface area (TPSA) is 20.3 Å². The lowest BCUT2D eigenvalue weighted by Gasteiger charge is -2.08. The number of benzene rings is 1. The molecule has 0 atom stereocenters. The summed E-state index contributed by atoms with van der Waals surface area (Å²) in [5, 5.41) is 0. The van der Waals surface area contributed by atoms with Crippen LogP contribution in [0.1, 0.15) is 12.0 Å². The van der Waals surface area contributed by atoms with E-state index in [2.05, 4.69) is 15.9 Å². The van der Waals surface area contributed by atoms with Crippen LogP contribution in [-0.2, 0) is 11.2 Å². The Morgan fingerprint density at radius 3 is 2.73 bits per heavy atom. The molecule has 0 fully saturated rings. The lowest BCUT2D eigenvalue weighted by atomic mass is 10.1. The second kappa shape index (κ2) is 6.03. The fraction of sp³-hybridized carbons (Fsp3) is 0.417. The Balaban J connectivity index is 2.44. The molecule has 0 amide bonds. The quantitative estimate of drug-likeness (QED) is 0.819. The number of ketones is 1. The van der Waals surface area contributed by atoms with Crippen molar-refractivity contribution in [1.82, 2.24) is 4.90 Å². The SMILES string of the molecule is CN(C)CCC(=O)Cc1cccc(Br)c1. The van der Waals surface area contributed by atoms with Gasteiger partial charge in [0.2, 0.25) is 0 Å². The van der Waals surface area contributed by atoms with Crippen molar-refractivity contribution in [3.8, 4) is 0 Å². The molecule has 1 aromatic rings. The Morgan fingerprint density at radius 2 is 2.13 bits per heavy atom. The number of halogens is 1. The number of nitrogens with zero attached hydrogens (tertiary/aromatic N) is 1. The molecular weight excluding hydrogens is 254 g/mol. The van der Waals surface area contributed by atoms with Crippen LogP contribution >= 0.6 is 15.9 Å². The van der Waals surface area contributed by atoms with Crippen molar-refractivity contribution in [1.29, 1.82) is 0 Å². The van der Waals surface area contributed by atoms with E-state index >= 15 is 0 Å². The summed E-state index contributed by atoms with van der Waals surface area (Å²) in [5.74, 6) is 0.293. The van der Waals surface area contributed by atoms with E-state index in [4.69, 9.17) is 0 Å². The zero-order valence-corrected chi connectivity index (χ0v) is 10.8. The molecule has 0 bridgehead atoms. The van der Waals surface area contributed by atoms with Crippen molar-refractivity contribution in [3.63, 3.8) is 0 Å². The van der Waals surface area contributed by atoms with Gasteiger partial charge in [-0.1, -0.05) is 28.1 Å². The highest BCUT2D eigenvalue weighted by Gasteiger charge is 2.04. The molecule has 0 saturated carbocycles. The summed E-state index contributed by atoms with van der Waals surface area (Å²) in [6, 6.07) is 7.90. The number of hydrogen-bond donors (Lipinski definition) is 0. The second-order valence-corrected chi connectivity index (χ2v) is 4.81. The molecule has 0 aliphatic carbocycles. The number of carbonyl (C=O) groups is 1. The first-order valence-electron chi connectivity index (χ1n) is 4.99. The Bertz CT molecular complexity index is 336. The summed E-state index contributed by atoms with van der Waals surface area (Å²) in [6.07, 6.45) is 1.16. The van der Waals surface area contributed by atoms with Crippen molar-refractivity contribution < 1.29 is 4.79 Å². The first-order chi connectivity index (χ1) is 7.08. The number of carbonyl (C=O) groups excluding carboxylic acids is 1. The minimum Gasteiger partial charge on any atom is -0.309 e. The molecule has 0 aromatic heterocycles. The van der Waals surface area contributed by atoms with Gasteiger partial charge in [-0.2, -0.15) is 0 Å². The third-order valence-electron chi connectivity index (χ3n) is 2.13. The maximum atomic E-state index is 11.6. The van der Waals surface area contributed by atoms with Gasteiger partial charge in [-0.3, -0.25) is 4.79 Å². The molecule has 0 aliphatic rings. The fourth-order valence-electron chi connectivity index (χ4n) is 1.31. The first-order valence-corrected chi connectivity index (χ1v) is 5.78. The molecule has 1 aromatic carbocycles. The molecule has 3 heteroatoms. The minimum absolute atomic E-state index is 0.293. The molecule has 1 rings (SSSR count). The highest BCUT2D eigenvalue weighted by Crippen LogP contribution is 2.12. The average Bonchev–Trinajstić information content (AvgIpc) is 2.15. The molecule has 0 radical (unpaired) electrons. The van der Waals surface area contributed by atoms with Crippen LogP contribution in [0.2, 0.25) is 0 Å². The molecule has 15 heavy (non-hydrogen) atoms. The number of Topliss-reactive ketones (excluding diaryl/α,β-unsaturated/α-hetero) is 1. The zero-order valence-electron chi connectivity index (χ0n) is 9.16. The van der Waals surface area contributed by atoms with Crippen LogP contribution in [0.3, 0.4) is 0 Å². The van der Waals surface area contributed by atoms with E-state index in [-0.39, 0.29) is 0 Å². The normalized spacial score (nSPS) is 10.7. The van der Waals surface area contributed by atoms with Gasteiger partial charge in [-0.05, 0) is 31.8 Å². The van der Waals surface area contributed by atoms with E-state index in [1.54, 1.807) is 0 Å². The fourth-order valence-corrected chi connectivity index (χ4v) is 1.76. The monoisotopic (exact) mass is 269 g/mol. The highest BCUT2D eigenvalue weighted by atomic mass is 79.9. The van der Waals surface area contributed by atoms with Crippen molar-refractivity contribution >= 4 is 21.7 Å². The van der Waals surface area contributed by atoms with Gasteiger partial charge < -0.3 is 4.90 Å². The van der Waals surface area contributed by atoms with Crippen molar-refractivity contribution in [2.45, 2.75) is 12.8 Å². The summed E-state index contributed by atoms with van der Waals surface area (Å²) >= 11 is 3.39. The summed E-state index contributed by atoms with van der Waals surface area (Å²) in [6.45, 7) is 0.826. The van der Waals surface area contributed by atoms with Crippen molar-refractivity contribution in [3.05, 3.63) is 34.3 Å². The maximum absolute atomic E-state index is 11.6. The summed E-state index contributed by atoms with van der Waals surface area (Å²) in [7, 11) is 3.96. The third-order valence-corrected chi connectivity index (χ3v) is 2.62. The Labute approximate surface area is 99.4 Å². The first kappa shape index (κ1) is 12.4. The predicted molar refractivity (Wildman–Crippen MR) is 66.0 cm³/mol. The standard InChI is InChI=1S/C12H16BrNO/c1-14(2)7-6-12(15)9-10-4-3-5-11(13)8-10/h3-5,8H,6-7,9H2,1-2H3. The highest BCUT2D eigenvalue weighted by molar-refractivity contribution is 9.10. The van der Waals surface area contributed by atoms with Gasteiger partial charge in [0.05, 0.1) is 0 Å². The van der Waals surface area contributed by atoms with E-state index in [1.165, 1.54) is 0 Å². The van der Waals surface area contributed by atoms with Gasteiger partial charge in [0.25, 0.3) is 0 Å². The van der Waals surface area contributed by atoms with E-state index in [0.717, 1.165) is 16.6 Å². The van der Waals surface area contributed by atoms with Crippen LogP contribution in [0, 0.1) is 0 Å². The van der Waals surface area contributed by atoms with E-state index in [9.17, 15) is 4.79 Å². The van der Waals surface area contributed by atoms with Gasteiger partial charge in [0.1, 0.15) is 5.78 Å². The van der Waals surface area contributed by atoms with Crippen molar-refractivity contribution in [2.75, 3.05) is 20.6 Å². The van der Waals surface area contributed by atoms with Gasteiger partial charge in [-0.15, -0.1) is 0 Å². The van der Waals surface area contributed by atoms with E-state index in [1.807, 2.05) is 43.3 Å². The predicted octanol–water partition coefficient (Wildman–Crippen LogP) is 2.51. The molecule has 0 unspecified atom stereocenters.